The molecule has 0 fully saturated rings. The highest BCUT2D eigenvalue weighted by Gasteiger charge is 2.15. The molecule has 2 heterocycles. The summed E-state index contributed by atoms with van der Waals surface area (Å²) in [6.45, 7) is 1.97. The lowest BCUT2D eigenvalue weighted by atomic mass is 10.1. The minimum atomic E-state index is -3.57. The maximum Gasteiger partial charge on any atom is 0.271 e. The van der Waals surface area contributed by atoms with Crippen molar-refractivity contribution in [2.75, 3.05) is 10.0 Å². The van der Waals surface area contributed by atoms with E-state index in [-0.39, 0.29) is 16.5 Å². The number of thiophene rings is 1. The molecule has 1 aromatic carbocycles. The van der Waals surface area contributed by atoms with Gasteiger partial charge in [-0.25, -0.2) is 8.42 Å². The SMILES string of the molecule is CCc1nnc(NC(=O)Cc2ccc(NS(=O)(=O)c3cccs3)cc2)s1. The van der Waals surface area contributed by atoms with Crippen LogP contribution in [0.1, 0.15) is 17.5 Å². The molecule has 0 aliphatic carbocycles. The normalized spacial score (nSPS) is 11.3. The summed E-state index contributed by atoms with van der Waals surface area (Å²) in [4.78, 5) is 12.1. The highest BCUT2D eigenvalue weighted by molar-refractivity contribution is 7.94. The minimum Gasteiger partial charge on any atom is -0.300 e. The lowest BCUT2D eigenvalue weighted by Crippen LogP contribution is -2.14. The summed E-state index contributed by atoms with van der Waals surface area (Å²) in [7, 11) is -3.57. The second-order valence-corrected chi connectivity index (χ2v) is 9.23. The number of benzene rings is 1. The standard InChI is InChI=1S/C16H16N4O3S3/c1-2-14-18-19-16(25-14)17-13(21)10-11-5-7-12(8-6-11)20-26(22,23)15-4-3-9-24-15/h3-9,20H,2,10H2,1H3,(H,17,19,21). The number of carbonyl (C=O) groups excluding carboxylic acids is 1. The first-order valence-corrected chi connectivity index (χ1v) is 10.9. The van der Waals surface area contributed by atoms with E-state index in [2.05, 4.69) is 20.2 Å². The number of nitrogens with zero attached hydrogens (tertiary/aromatic N) is 2. The average molecular weight is 409 g/mol. The zero-order chi connectivity index (χ0) is 18.6. The average Bonchev–Trinajstić information content (AvgIpc) is 3.28. The Hall–Kier alpha value is -2.30. The molecular weight excluding hydrogens is 392 g/mol. The van der Waals surface area contributed by atoms with Crippen molar-refractivity contribution in [1.29, 1.82) is 0 Å². The predicted octanol–water partition coefficient (Wildman–Crippen LogP) is 3.14. The molecular formula is C16H16N4O3S3. The van der Waals surface area contributed by atoms with Crippen molar-refractivity contribution < 1.29 is 13.2 Å². The van der Waals surface area contributed by atoms with Crippen LogP contribution in [0.3, 0.4) is 0 Å². The van der Waals surface area contributed by atoms with Crippen LogP contribution < -0.4 is 10.0 Å². The monoisotopic (exact) mass is 408 g/mol. The fraction of sp³-hybridized carbons (Fsp3) is 0.188. The van der Waals surface area contributed by atoms with Crippen LogP contribution in [0.2, 0.25) is 0 Å². The number of amides is 1. The van der Waals surface area contributed by atoms with Crippen LogP contribution in [0, 0.1) is 0 Å². The van der Waals surface area contributed by atoms with Gasteiger partial charge in [0.1, 0.15) is 9.22 Å². The van der Waals surface area contributed by atoms with Gasteiger partial charge in [0, 0.05) is 5.69 Å². The first-order chi connectivity index (χ1) is 12.5. The number of hydrogen-bond donors (Lipinski definition) is 2. The van der Waals surface area contributed by atoms with Crippen molar-refractivity contribution in [2.45, 2.75) is 24.0 Å². The molecule has 1 amide bonds. The number of carbonyl (C=O) groups is 1. The molecule has 0 saturated heterocycles. The summed E-state index contributed by atoms with van der Waals surface area (Å²) in [5.74, 6) is -0.198. The number of rotatable bonds is 7. The summed E-state index contributed by atoms with van der Waals surface area (Å²) in [6.07, 6.45) is 0.940. The molecule has 2 N–H and O–H groups in total. The van der Waals surface area contributed by atoms with E-state index in [1.54, 1.807) is 41.8 Å². The van der Waals surface area contributed by atoms with Gasteiger partial charge in [-0.05, 0) is 35.6 Å². The van der Waals surface area contributed by atoms with Crippen molar-refractivity contribution in [3.63, 3.8) is 0 Å². The molecule has 0 radical (unpaired) electrons. The lowest BCUT2D eigenvalue weighted by molar-refractivity contribution is -0.115. The predicted molar refractivity (Wildman–Crippen MR) is 103 cm³/mol. The second kappa shape index (κ2) is 7.94. The Kier molecular flexibility index (Phi) is 5.64. The van der Waals surface area contributed by atoms with Gasteiger partial charge >= 0.3 is 0 Å². The molecule has 0 aliphatic rings. The highest BCUT2D eigenvalue weighted by Crippen LogP contribution is 2.21. The van der Waals surface area contributed by atoms with Crippen LogP contribution in [0.4, 0.5) is 10.8 Å². The topological polar surface area (TPSA) is 101 Å². The summed E-state index contributed by atoms with van der Waals surface area (Å²) in [6, 6.07) is 9.92. The third-order valence-corrected chi connectivity index (χ3v) is 7.11. The number of nitrogens with one attached hydrogen (secondary N) is 2. The van der Waals surface area contributed by atoms with Crippen molar-refractivity contribution >= 4 is 49.4 Å². The van der Waals surface area contributed by atoms with E-state index >= 15 is 0 Å². The van der Waals surface area contributed by atoms with Crippen LogP contribution in [0.15, 0.2) is 46.0 Å². The quantitative estimate of drug-likeness (QED) is 0.625. The van der Waals surface area contributed by atoms with Gasteiger partial charge in [0.2, 0.25) is 11.0 Å². The second-order valence-electron chi connectivity index (χ2n) is 5.31. The Balaban J connectivity index is 1.59. The number of hydrogen-bond acceptors (Lipinski definition) is 7. The molecule has 0 bridgehead atoms. The lowest BCUT2D eigenvalue weighted by Gasteiger charge is -2.07. The zero-order valence-electron chi connectivity index (χ0n) is 13.8. The Morgan fingerprint density at radius 2 is 1.92 bits per heavy atom. The van der Waals surface area contributed by atoms with Crippen LogP contribution in [-0.4, -0.2) is 24.5 Å². The summed E-state index contributed by atoms with van der Waals surface area (Å²) < 4.78 is 27.1. The number of aromatic nitrogens is 2. The molecule has 0 atom stereocenters. The zero-order valence-corrected chi connectivity index (χ0v) is 16.2. The fourth-order valence-corrected chi connectivity index (χ4v) is 4.86. The van der Waals surface area contributed by atoms with E-state index < -0.39 is 10.0 Å². The maximum atomic E-state index is 12.2. The Morgan fingerprint density at radius 3 is 2.54 bits per heavy atom. The van der Waals surface area contributed by atoms with Gasteiger partial charge in [0.05, 0.1) is 6.42 Å². The van der Waals surface area contributed by atoms with Gasteiger partial charge < -0.3 is 5.32 Å². The third-order valence-electron chi connectivity index (χ3n) is 3.35. The Bertz CT molecular complexity index is 980. The molecule has 2 aromatic heterocycles. The van der Waals surface area contributed by atoms with E-state index in [1.165, 1.54) is 11.3 Å². The Morgan fingerprint density at radius 1 is 1.15 bits per heavy atom. The van der Waals surface area contributed by atoms with E-state index in [4.69, 9.17) is 0 Å². The van der Waals surface area contributed by atoms with Crippen LogP contribution >= 0.6 is 22.7 Å². The first kappa shape index (κ1) is 18.5. The van der Waals surface area contributed by atoms with Gasteiger partial charge in [0.25, 0.3) is 10.0 Å². The summed E-state index contributed by atoms with van der Waals surface area (Å²) >= 11 is 2.50. The number of anilines is 2. The van der Waals surface area contributed by atoms with Crippen molar-refractivity contribution in [1.82, 2.24) is 10.2 Å². The van der Waals surface area contributed by atoms with Gasteiger partial charge in [-0.15, -0.1) is 21.5 Å². The smallest absolute Gasteiger partial charge is 0.271 e. The van der Waals surface area contributed by atoms with Crippen molar-refractivity contribution in [3.05, 3.63) is 52.3 Å². The van der Waals surface area contributed by atoms with Gasteiger partial charge in [0.15, 0.2) is 0 Å². The highest BCUT2D eigenvalue weighted by atomic mass is 32.2. The molecule has 0 saturated carbocycles. The minimum absolute atomic E-state index is 0.166. The summed E-state index contributed by atoms with van der Waals surface area (Å²) in [5, 5.41) is 13.6. The molecule has 3 aromatic rings. The van der Waals surface area contributed by atoms with Gasteiger partial charge in [-0.3, -0.25) is 9.52 Å². The fourth-order valence-electron chi connectivity index (χ4n) is 2.11. The van der Waals surface area contributed by atoms with Crippen molar-refractivity contribution in [3.8, 4) is 0 Å². The molecule has 0 aliphatic heterocycles. The first-order valence-electron chi connectivity index (χ1n) is 7.74. The largest absolute Gasteiger partial charge is 0.300 e. The van der Waals surface area contributed by atoms with Crippen molar-refractivity contribution in [2.24, 2.45) is 0 Å². The Labute approximate surface area is 159 Å². The van der Waals surface area contributed by atoms with E-state index in [1.807, 2.05) is 6.92 Å². The third kappa shape index (κ3) is 4.65. The molecule has 7 nitrogen and oxygen atoms in total. The van der Waals surface area contributed by atoms with Crippen LogP contribution in [0.5, 0.6) is 0 Å². The number of aryl methyl sites for hydroxylation is 1. The van der Waals surface area contributed by atoms with E-state index in [0.29, 0.717) is 10.8 Å². The molecule has 10 heteroatoms. The molecule has 3 rings (SSSR count). The van der Waals surface area contributed by atoms with Gasteiger partial charge in [-0.2, -0.15) is 0 Å². The maximum absolute atomic E-state index is 12.2. The molecule has 0 spiro atoms. The van der Waals surface area contributed by atoms with E-state index in [9.17, 15) is 13.2 Å². The van der Waals surface area contributed by atoms with Gasteiger partial charge in [-0.1, -0.05) is 36.5 Å². The van der Waals surface area contributed by atoms with Crippen LogP contribution in [0.25, 0.3) is 0 Å². The molecule has 136 valence electrons. The number of sulfonamides is 1. The summed E-state index contributed by atoms with van der Waals surface area (Å²) in [5.41, 5.74) is 1.21. The van der Waals surface area contributed by atoms with Crippen LogP contribution in [-0.2, 0) is 27.7 Å². The van der Waals surface area contributed by atoms with E-state index in [0.717, 1.165) is 28.3 Å². The molecule has 0 unspecified atom stereocenters. The molecule has 26 heavy (non-hydrogen) atoms.